The Hall–Kier alpha value is -2.43. The largest absolute Gasteiger partial charge is 0.465 e. The van der Waals surface area contributed by atoms with Gasteiger partial charge in [-0.25, -0.2) is 0 Å². The van der Waals surface area contributed by atoms with E-state index >= 15 is 0 Å². The molecule has 5 heteroatoms. The normalized spacial score (nSPS) is 32.7. The third-order valence-electron chi connectivity index (χ3n) is 4.80. The van der Waals surface area contributed by atoms with Crippen LogP contribution in [0.4, 0.5) is 0 Å². The predicted octanol–water partition coefficient (Wildman–Crippen LogP) is 1.34. The average Bonchev–Trinajstić information content (AvgIpc) is 2.68. The zero-order valence-corrected chi connectivity index (χ0v) is 12.3. The SMILES string of the molecule is C=C[C@H]1C[C@]2(C(=O)OCC)C(=O)C(=O)N[C@]12c1ccccc1. The van der Waals surface area contributed by atoms with E-state index in [2.05, 4.69) is 11.9 Å². The number of esters is 1. The number of ketones is 1. The highest BCUT2D eigenvalue weighted by atomic mass is 16.5. The smallest absolute Gasteiger partial charge is 0.323 e. The average molecular weight is 299 g/mol. The van der Waals surface area contributed by atoms with Crippen LogP contribution in [0.1, 0.15) is 18.9 Å². The van der Waals surface area contributed by atoms with Crippen LogP contribution in [0.5, 0.6) is 0 Å². The fraction of sp³-hybridized carbons (Fsp3) is 0.353. The zero-order valence-electron chi connectivity index (χ0n) is 12.3. The Labute approximate surface area is 128 Å². The minimum atomic E-state index is -1.49. The molecule has 1 aliphatic heterocycles. The molecule has 1 saturated carbocycles. The van der Waals surface area contributed by atoms with Gasteiger partial charge >= 0.3 is 5.97 Å². The summed E-state index contributed by atoms with van der Waals surface area (Å²) in [5.41, 5.74) is -1.85. The minimum absolute atomic E-state index is 0.158. The molecule has 5 nitrogen and oxygen atoms in total. The summed E-state index contributed by atoms with van der Waals surface area (Å²) in [4.78, 5) is 37.1. The van der Waals surface area contributed by atoms with Gasteiger partial charge in [0, 0.05) is 5.92 Å². The number of amides is 1. The van der Waals surface area contributed by atoms with Crippen molar-refractivity contribution in [1.29, 1.82) is 0 Å². The number of carbonyl (C=O) groups is 3. The molecule has 1 N–H and O–H groups in total. The molecular formula is C17H17NO4. The van der Waals surface area contributed by atoms with Crippen LogP contribution in [0.25, 0.3) is 0 Å². The van der Waals surface area contributed by atoms with E-state index in [1.807, 2.05) is 30.3 Å². The van der Waals surface area contributed by atoms with Crippen LogP contribution in [-0.2, 0) is 24.7 Å². The van der Waals surface area contributed by atoms with Gasteiger partial charge in [-0.3, -0.25) is 14.4 Å². The number of benzene rings is 1. The van der Waals surface area contributed by atoms with Crippen molar-refractivity contribution in [3.8, 4) is 0 Å². The molecule has 1 saturated heterocycles. The van der Waals surface area contributed by atoms with Crippen LogP contribution < -0.4 is 5.32 Å². The topological polar surface area (TPSA) is 72.5 Å². The molecule has 2 aliphatic rings. The molecule has 3 atom stereocenters. The van der Waals surface area contributed by atoms with Gasteiger partial charge in [-0.05, 0) is 18.9 Å². The van der Waals surface area contributed by atoms with Crippen molar-refractivity contribution >= 4 is 17.7 Å². The number of ether oxygens (including phenoxy) is 1. The summed E-state index contributed by atoms with van der Waals surface area (Å²) in [7, 11) is 0. The molecule has 2 fully saturated rings. The van der Waals surface area contributed by atoms with Gasteiger partial charge < -0.3 is 10.1 Å². The summed E-state index contributed by atoms with van der Waals surface area (Å²) in [6.07, 6.45) is 1.92. The highest BCUT2D eigenvalue weighted by Crippen LogP contribution is 2.64. The zero-order chi connectivity index (χ0) is 16.0. The van der Waals surface area contributed by atoms with Gasteiger partial charge in [0.05, 0.1) is 12.1 Å². The summed E-state index contributed by atoms with van der Waals surface area (Å²) in [5, 5.41) is 2.75. The van der Waals surface area contributed by atoms with E-state index in [1.165, 1.54) is 0 Å². The second kappa shape index (κ2) is 4.80. The van der Waals surface area contributed by atoms with Gasteiger partial charge in [0.2, 0.25) is 5.78 Å². The van der Waals surface area contributed by atoms with Crippen LogP contribution >= 0.6 is 0 Å². The van der Waals surface area contributed by atoms with E-state index in [1.54, 1.807) is 13.0 Å². The third-order valence-corrected chi connectivity index (χ3v) is 4.80. The van der Waals surface area contributed by atoms with Gasteiger partial charge in [0.1, 0.15) is 0 Å². The van der Waals surface area contributed by atoms with Crippen molar-refractivity contribution in [3.05, 3.63) is 48.6 Å². The number of hydrogen-bond donors (Lipinski definition) is 1. The number of Topliss-reactive ketones (excluding diaryl/α,β-unsaturated/α-hetero) is 1. The molecular weight excluding hydrogens is 282 g/mol. The maximum absolute atomic E-state index is 12.6. The third kappa shape index (κ3) is 1.46. The molecule has 22 heavy (non-hydrogen) atoms. The first-order valence-corrected chi connectivity index (χ1v) is 7.27. The highest BCUT2D eigenvalue weighted by Gasteiger charge is 2.79. The Morgan fingerprint density at radius 2 is 2.09 bits per heavy atom. The lowest BCUT2D eigenvalue weighted by molar-refractivity contribution is -0.177. The molecule has 3 rings (SSSR count). The molecule has 1 aromatic rings. The lowest BCUT2D eigenvalue weighted by atomic mass is 9.46. The summed E-state index contributed by atoms with van der Waals surface area (Å²) >= 11 is 0. The highest BCUT2D eigenvalue weighted by molar-refractivity contribution is 6.45. The molecule has 0 aromatic heterocycles. The lowest BCUT2D eigenvalue weighted by Gasteiger charge is -2.56. The fourth-order valence-electron chi connectivity index (χ4n) is 3.82. The van der Waals surface area contributed by atoms with Gasteiger partial charge in [0.15, 0.2) is 5.41 Å². The number of fused-ring (bicyclic) bond motifs is 1. The van der Waals surface area contributed by atoms with E-state index in [9.17, 15) is 14.4 Å². The van der Waals surface area contributed by atoms with Gasteiger partial charge in [0.25, 0.3) is 5.91 Å². The first-order valence-electron chi connectivity index (χ1n) is 7.27. The second-order valence-corrected chi connectivity index (χ2v) is 5.63. The molecule has 1 heterocycles. The molecule has 1 amide bonds. The first kappa shape index (κ1) is 14.5. The molecule has 1 aliphatic carbocycles. The Kier molecular flexibility index (Phi) is 3.16. The number of nitrogens with one attached hydrogen (secondary N) is 1. The Bertz CT molecular complexity index is 668. The molecule has 1 aromatic carbocycles. The van der Waals surface area contributed by atoms with Crippen molar-refractivity contribution in [1.82, 2.24) is 5.32 Å². The lowest BCUT2D eigenvalue weighted by Crippen LogP contribution is -2.68. The minimum Gasteiger partial charge on any atom is -0.465 e. The summed E-state index contributed by atoms with van der Waals surface area (Å²) < 4.78 is 5.12. The van der Waals surface area contributed by atoms with Gasteiger partial charge in [-0.1, -0.05) is 36.4 Å². The van der Waals surface area contributed by atoms with Crippen LogP contribution in [-0.4, -0.2) is 24.3 Å². The van der Waals surface area contributed by atoms with Crippen LogP contribution in [0.2, 0.25) is 0 Å². The molecule has 0 bridgehead atoms. The van der Waals surface area contributed by atoms with Crippen LogP contribution in [0.15, 0.2) is 43.0 Å². The number of hydrogen-bond acceptors (Lipinski definition) is 4. The maximum Gasteiger partial charge on any atom is 0.323 e. The fourth-order valence-corrected chi connectivity index (χ4v) is 3.82. The van der Waals surface area contributed by atoms with E-state index in [0.29, 0.717) is 0 Å². The van der Waals surface area contributed by atoms with Crippen molar-refractivity contribution in [2.24, 2.45) is 11.3 Å². The van der Waals surface area contributed by atoms with Crippen LogP contribution in [0.3, 0.4) is 0 Å². The van der Waals surface area contributed by atoms with Crippen molar-refractivity contribution in [2.75, 3.05) is 6.61 Å². The predicted molar refractivity (Wildman–Crippen MR) is 78.6 cm³/mol. The first-order chi connectivity index (χ1) is 10.5. The van der Waals surface area contributed by atoms with Crippen molar-refractivity contribution < 1.29 is 19.1 Å². The van der Waals surface area contributed by atoms with E-state index in [4.69, 9.17) is 4.74 Å². The Morgan fingerprint density at radius 1 is 1.41 bits per heavy atom. The van der Waals surface area contributed by atoms with Crippen LogP contribution in [0, 0.1) is 11.3 Å². The number of carbonyl (C=O) groups excluding carboxylic acids is 3. The van der Waals surface area contributed by atoms with Gasteiger partial charge in [-0.2, -0.15) is 0 Å². The number of rotatable bonds is 4. The summed E-state index contributed by atoms with van der Waals surface area (Å²) in [5.74, 6) is -2.29. The summed E-state index contributed by atoms with van der Waals surface area (Å²) in [6, 6.07) is 9.08. The van der Waals surface area contributed by atoms with Crippen molar-refractivity contribution in [2.45, 2.75) is 18.9 Å². The van der Waals surface area contributed by atoms with E-state index < -0.39 is 28.6 Å². The molecule has 0 spiro atoms. The standard InChI is InChI=1S/C17H17NO4/c1-3-11-10-16(15(21)22-4-2)13(19)14(20)18-17(11,16)12-8-6-5-7-9-12/h3,5-9,11H,1,4,10H2,2H3,(H,18,20)/t11-,16+,17-/m0/s1. The molecule has 114 valence electrons. The quantitative estimate of drug-likeness (QED) is 0.394. The van der Waals surface area contributed by atoms with Gasteiger partial charge in [-0.15, -0.1) is 6.58 Å². The molecule has 0 unspecified atom stereocenters. The monoisotopic (exact) mass is 299 g/mol. The Balaban J connectivity index is 2.21. The maximum atomic E-state index is 12.6. The second-order valence-electron chi connectivity index (χ2n) is 5.63. The van der Waals surface area contributed by atoms with Crippen molar-refractivity contribution in [3.63, 3.8) is 0 Å². The van der Waals surface area contributed by atoms with E-state index in [0.717, 1.165) is 5.56 Å². The molecule has 0 radical (unpaired) electrons. The Morgan fingerprint density at radius 3 is 2.68 bits per heavy atom. The summed E-state index contributed by atoms with van der Waals surface area (Å²) in [6.45, 7) is 5.62. The van der Waals surface area contributed by atoms with E-state index in [-0.39, 0.29) is 18.9 Å².